The summed E-state index contributed by atoms with van der Waals surface area (Å²) in [6.07, 6.45) is 7.29. The quantitative estimate of drug-likeness (QED) is 0.271. The van der Waals surface area contributed by atoms with Crippen molar-refractivity contribution in [2.24, 2.45) is 0 Å². The molecule has 0 saturated carbocycles. The van der Waals surface area contributed by atoms with E-state index in [4.69, 9.17) is 9.97 Å². The minimum atomic E-state index is 0.662. The van der Waals surface area contributed by atoms with Crippen molar-refractivity contribution >= 4 is 27.4 Å². The SMILES string of the molecule is C(#Cc1csc2c(NCCCc3ccccc3)nc(-c3ccncc3)nc12)c1ccccn1. The molecule has 0 unspecified atom stereocenters. The van der Waals surface area contributed by atoms with Gasteiger partial charge in [0.2, 0.25) is 0 Å². The molecule has 160 valence electrons. The first-order valence-corrected chi connectivity index (χ1v) is 11.7. The Morgan fingerprint density at radius 3 is 2.52 bits per heavy atom. The molecule has 0 aliphatic heterocycles. The lowest BCUT2D eigenvalue weighted by Gasteiger charge is -2.09. The molecule has 4 aromatic heterocycles. The molecular weight excluding hydrogens is 426 g/mol. The Bertz CT molecular complexity index is 1400. The summed E-state index contributed by atoms with van der Waals surface area (Å²) in [5.74, 6) is 7.89. The van der Waals surface area contributed by atoms with Gasteiger partial charge in [0.05, 0.1) is 10.3 Å². The molecule has 0 radical (unpaired) electrons. The Hall–Kier alpha value is -4.08. The van der Waals surface area contributed by atoms with Crippen molar-refractivity contribution < 1.29 is 0 Å². The second-order valence-electron chi connectivity index (χ2n) is 7.44. The molecule has 1 aromatic carbocycles. The van der Waals surface area contributed by atoms with Crippen molar-refractivity contribution in [1.29, 1.82) is 0 Å². The number of hydrogen-bond acceptors (Lipinski definition) is 6. The highest BCUT2D eigenvalue weighted by molar-refractivity contribution is 7.18. The average molecular weight is 448 g/mol. The lowest BCUT2D eigenvalue weighted by Crippen LogP contribution is -2.06. The third kappa shape index (κ3) is 5.05. The fraction of sp³-hybridized carbons (Fsp3) is 0.111. The molecule has 5 nitrogen and oxygen atoms in total. The number of hydrogen-bond donors (Lipinski definition) is 1. The fourth-order valence-electron chi connectivity index (χ4n) is 3.47. The van der Waals surface area contributed by atoms with Gasteiger partial charge in [-0.15, -0.1) is 11.3 Å². The summed E-state index contributed by atoms with van der Waals surface area (Å²) in [7, 11) is 0. The standard InChI is InChI=1S/C27H21N5S/c1-2-7-20(8-3-1)9-6-16-30-27-25-24(31-26(32-27)21-13-17-28-18-14-21)22(19-33-25)11-12-23-10-4-5-15-29-23/h1-5,7-8,10,13-15,17-19H,6,9,16H2,(H,30,31,32). The molecule has 4 heterocycles. The topological polar surface area (TPSA) is 63.6 Å². The Morgan fingerprint density at radius 2 is 1.70 bits per heavy atom. The molecule has 6 heteroatoms. The van der Waals surface area contributed by atoms with Crippen LogP contribution in [0.5, 0.6) is 0 Å². The number of fused-ring (bicyclic) bond motifs is 1. The van der Waals surface area contributed by atoms with Gasteiger partial charge in [0.1, 0.15) is 17.0 Å². The minimum Gasteiger partial charge on any atom is -0.369 e. The summed E-state index contributed by atoms with van der Waals surface area (Å²) >= 11 is 1.61. The predicted octanol–water partition coefficient (Wildman–Crippen LogP) is 5.59. The van der Waals surface area contributed by atoms with Gasteiger partial charge in [-0.3, -0.25) is 4.98 Å². The van der Waals surface area contributed by atoms with Crippen LogP contribution in [0, 0.1) is 11.8 Å². The number of thiophene rings is 1. The van der Waals surface area contributed by atoms with E-state index in [0.29, 0.717) is 5.82 Å². The molecular formula is C27H21N5S. The molecule has 0 amide bonds. The van der Waals surface area contributed by atoms with Crippen LogP contribution in [0.15, 0.2) is 84.6 Å². The van der Waals surface area contributed by atoms with Gasteiger partial charge in [-0.1, -0.05) is 42.3 Å². The second-order valence-corrected chi connectivity index (χ2v) is 8.32. The average Bonchev–Trinajstić information content (AvgIpc) is 3.30. The highest BCUT2D eigenvalue weighted by Gasteiger charge is 2.14. The predicted molar refractivity (Wildman–Crippen MR) is 134 cm³/mol. The highest BCUT2D eigenvalue weighted by Crippen LogP contribution is 2.32. The third-order valence-electron chi connectivity index (χ3n) is 5.12. The summed E-state index contributed by atoms with van der Waals surface area (Å²) < 4.78 is 1.01. The van der Waals surface area contributed by atoms with E-state index in [2.05, 4.69) is 51.4 Å². The van der Waals surface area contributed by atoms with Gasteiger partial charge in [0.25, 0.3) is 0 Å². The number of nitrogens with zero attached hydrogens (tertiary/aromatic N) is 4. The zero-order valence-corrected chi connectivity index (χ0v) is 18.7. The van der Waals surface area contributed by atoms with E-state index in [1.54, 1.807) is 29.9 Å². The molecule has 5 rings (SSSR count). The molecule has 0 saturated heterocycles. The summed E-state index contributed by atoms with van der Waals surface area (Å²) in [6, 6.07) is 20.1. The second kappa shape index (κ2) is 10.0. The molecule has 0 fully saturated rings. The maximum atomic E-state index is 4.86. The van der Waals surface area contributed by atoms with Gasteiger partial charge in [0, 0.05) is 36.1 Å². The van der Waals surface area contributed by atoms with Crippen LogP contribution in [0.4, 0.5) is 5.82 Å². The molecule has 0 spiro atoms. The Labute approximate surface area is 196 Å². The van der Waals surface area contributed by atoms with E-state index in [-0.39, 0.29) is 0 Å². The Balaban J connectivity index is 1.45. The molecule has 0 aliphatic carbocycles. The Kier molecular flexibility index (Phi) is 6.32. The van der Waals surface area contributed by atoms with Gasteiger partial charge in [0.15, 0.2) is 5.82 Å². The molecule has 0 aliphatic rings. The number of benzene rings is 1. The summed E-state index contributed by atoms with van der Waals surface area (Å²) in [5.41, 5.74) is 4.74. The molecule has 1 N–H and O–H groups in total. The summed E-state index contributed by atoms with van der Waals surface area (Å²) in [4.78, 5) is 18.1. The van der Waals surface area contributed by atoms with Gasteiger partial charge in [-0.25, -0.2) is 15.0 Å². The van der Waals surface area contributed by atoms with Crippen LogP contribution in [0.3, 0.4) is 0 Å². The number of pyridine rings is 2. The van der Waals surface area contributed by atoms with Crippen LogP contribution in [0.1, 0.15) is 23.2 Å². The maximum absolute atomic E-state index is 4.86. The van der Waals surface area contributed by atoms with E-state index < -0.39 is 0 Å². The molecule has 0 bridgehead atoms. The van der Waals surface area contributed by atoms with E-state index in [0.717, 1.165) is 52.2 Å². The van der Waals surface area contributed by atoms with Gasteiger partial charge < -0.3 is 5.32 Å². The first-order chi connectivity index (χ1) is 16.4. The van der Waals surface area contributed by atoms with Crippen LogP contribution >= 0.6 is 11.3 Å². The van der Waals surface area contributed by atoms with E-state index in [9.17, 15) is 0 Å². The third-order valence-corrected chi connectivity index (χ3v) is 6.10. The summed E-state index contributed by atoms with van der Waals surface area (Å²) in [5, 5.41) is 5.58. The van der Waals surface area contributed by atoms with Crippen molar-refractivity contribution in [3.63, 3.8) is 0 Å². The monoisotopic (exact) mass is 447 g/mol. The van der Waals surface area contributed by atoms with E-state index >= 15 is 0 Å². The smallest absolute Gasteiger partial charge is 0.162 e. The zero-order valence-electron chi connectivity index (χ0n) is 17.9. The normalized spacial score (nSPS) is 10.5. The van der Waals surface area contributed by atoms with Gasteiger partial charge >= 0.3 is 0 Å². The van der Waals surface area contributed by atoms with Crippen LogP contribution in [-0.4, -0.2) is 26.5 Å². The first kappa shape index (κ1) is 20.8. The van der Waals surface area contributed by atoms with E-state index in [1.165, 1.54) is 5.56 Å². The van der Waals surface area contributed by atoms with Crippen LogP contribution in [-0.2, 0) is 6.42 Å². The van der Waals surface area contributed by atoms with Crippen LogP contribution in [0.2, 0.25) is 0 Å². The Morgan fingerprint density at radius 1 is 0.848 bits per heavy atom. The molecule has 33 heavy (non-hydrogen) atoms. The first-order valence-electron chi connectivity index (χ1n) is 10.8. The zero-order chi connectivity index (χ0) is 22.3. The van der Waals surface area contributed by atoms with Gasteiger partial charge in [-0.05, 0) is 48.6 Å². The number of rotatable bonds is 6. The lowest BCUT2D eigenvalue weighted by molar-refractivity contribution is 0.860. The number of aromatic nitrogens is 4. The maximum Gasteiger partial charge on any atom is 0.162 e. The molecule has 5 aromatic rings. The van der Waals surface area contributed by atoms with Crippen molar-refractivity contribution in [1.82, 2.24) is 19.9 Å². The highest BCUT2D eigenvalue weighted by atomic mass is 32.1. The minimum absolute atomic E-state index is 0.662. The van der Waals surface area contributed by atoms with Crippen LogP contribution in [0.25, 0.3) is 21.6 Å². The number of anilines is 1. The lowest BCUT2D eigenvalue weighted by atomic mass is 10.1. The van der Waals surface area contributed by atoms with Gasteiger partial charge in [-0.2, -0.15) is 0 Å². The summed E-state index contributed by atoms with van der Waals surface area (Å²) in [6.45, 7) is 0.823. The van der Waals surface area contributed by atoms with Crippen molar-refractivity contribution in [3.05, 3.63) is 101 Å². The molecule has 0 atom stereocenters. The number of aryl methyl sites for hydroxylation is 1. The fourth-order valence-corrected chi connectivity index (χ4v) is 4.37. The number of nitrogens with one attached hydrogen (secondary N) is 1. The van der Waals surface area contributed by atoms with Crippen LogP contribution < -0.4 is 5.32 Å². The largest absolute Gasteiger partial charge is 0.369 e. The van der Waals surface area contributed by atoms with E-state index in [1.807, 2.05) is 41.8 Å². The van der Waals surface area contributed by atoms with Crippen molar-refractivity contribution in [3.8, 4) is 23.2 Å². The van der Waals surface area contributed by atoms with Crippen molar-refractivity contribution in [2.45, 2.75) is 12.8 Å². The van der Waals surface area contributed by atoms with Crippen molar-refractivity contribution in [2.75, 3.05) is 11.9 Å².